The van der Waals surface area contributed by atoms with Crippen LogP contribution in [0.15, 0.2) is 22.1 Å². The summed E-state index contributed by atoms with van der Waals surface area (Å²) in [4.78, 5) is 10.5. The fraction of sp³-hybridized carbons (Fsp3) is 0.333. The first-order chi connectivity index (χ1) is 7.61. The van der Waals surface area contributed by atoms with Gasteiger partial charge in [0.1, 0.15) is 17.6 Å². The first kappa shape index (κ1) is 10.5. The predicted octanol–water partition coefficient (Wildman–Crippen LogP) is 1.06. The Balaban J connectivity index is 2.19. The number of furan rings is 1. The lowest BCUT2D eigenvalue weighted by atomic mass is 10.2. The highest BCUT2D eigenvalue weighted by Crippen LogP contribution is 2.47. The molecule has 82 valence electrons. The lowest BCUT2D eigenvalue weighted by molar-refractivity contribution is -0.298. The van der Waals surface area contributed by atoms with E-state index in [4.69, 9.17) is 9.68 Å². The van der Waals surface area contributed by atoms with Crippen molar-refractivity contribution in [2.75, 3.05) is 0 Å². The number of nitrogens with zero attached hydrogens (tertiary/aromatic N) is 1. The molecule has 0 bridgehead atoms. The highest BCUT2D eigenvalue weighted by atomic mass is 16.4. The number of hydrogen-bond acceptors (Lipinski definition) is 4. The van der Waals surface area contributed by atoms with Gasteiger partial charge in [-0.05, 0) is 24.5 Å². The Labute approximate surface area is 92.8 Å². The van der Waals surface area contributed by atoms with E-state index in [1.165, 1.54) is 6.08 Å². The van der Waals surface area contributed by atoms with E-state index in [-0.39, 0.29) is 0 Å². The van der Waals surface area contributed by atoms with Crippen LogP contribution in [0.1, 0.15) is 30.8 Å². The third-order valence-electron chi connectivity index (χ3n) is 2.75. The number of aliphatic carboxylic acids is 1. The first-order valence-electron chi connectivity index (χ1n) is 5.04. The maximum absolute atomic E-state index is 10.5. The zero-order chi connectivity index (χ0) is 11.7. The minimum Gasteiger partial charge on any atom is -0.544 e. The van der Waals surface area contributed by atoms with Gasteiger partial charge >= 0.3 is 0 Å². The molecule has 0 unspecified atom stereocenters. The van der Waals surface area contributed by atoms with Gasteiger partial charge in [0.2, 0.25) is 0 Å². The van der Waals surface area contributed by atoms with Crippen LogP contribution in [0.2, 0.25) is 0 Å². The molecule has 0 N–H and O–H groups in total. The van der Waals surface area contributed by atoms with Crippen LogP contribution in [0.4, 0.5) is 0 Å². The van der Waals surface area contributed by atoms with Gasteiger partial charge in [-0.15, -0.1) is 0 Å². The maximum Gasteiger partial charge on any atom is 0.128 e. The quantitative estimate of drug-likeness (QED) is 0.559. The Morgan fingerprint density at radius 2 is 2.38 bits per heavy atom. The third kappa shape index (κ3) is 1.98. The van der Waals surface area contributed by atoms with Crippen LogP contribution in [-0.2, 0) is 4.79 Å². The Morgan fingerprint density at radius 3 is 2.88 bits per heavy atom. The zero-order valence-corrected chi connectivity index (χ0v) is 8.77. The lowest BCUT2D eigenvalue weighted by Gasteiger charge is -1.96. The molecule has 1 aromatic rings. The second-order valence-electron chi connectivity index (χ2n) is 4.02. The number of carbonyl (C=O) groups is 1. The maximum atomic E-state index is 10.5. The first-order valence-corrected chi connectivity index (χ1v) is 5.04. The summed E-state index contributed by atoms with van der Waals surface area (Å²) >= 11 is 0. The van der Waals surface area contributed by atoms with Gasteiger partial charge in [0.25, 0.3) is 0 Å². The van der Waals surface area contributed by atoms with E-state index in [2.05, 4.69) is 6.92 Å². The number of carboxylic acids is 1. The summed E-state index contributed by atoms with van der Waals surface area (Å²) in [6.45, 7) is 2.13. The summed E-state index contributed by atoms with van der Waals surface area (Å²) in [5.74, 6) is 0.819. The molecule has 1 heterocycles. The lowest BCUT2D eigenvalue weighted by Crippen LogP contribution is -2.23. The molecule has 4 nitrogen and oxygen atoms in total. The van der Waals surface area contributed by atoms with E-state index in [9.17, 15) is 9.90 Å². The van der Waals surface area contributed by atoms with Gasteiger partial charge < -0.3 is 14.3 Å². The predicted molar refractivity (Wildman–Crippen MR) is 53.8 cm³/mol. The Bertz CT molecular complexity index is 493. The molecule has 0 spiro atoms. The highest BCUT2D eigenvalue weighted by Gasteiger charge is 2.36. The molecule has 2 atom stereocenters. The SMILES string of the molecule is C[C@H]1C[C@H]1c1ccc(/C=C(\C#N)C(=O)[O-])o1. The number of rotatable bonds is 3. The third-order valence-corrected chi connectivity index (χ3v) is 2.75. The number of carboxylic acid groups (broad SMARTS) is 1. The van der Waals surface area contributed by atoms with Crippen LogP contribution in [0, 0.1) is 17.2 Å². The van der Waals surface area contributed by atoms with E-state index in [0.717, 1.165) is 12.2 Å². The number of nitriles is 1. The van der Waals surface area contributed by atoms with Crippen molar-refractivity contribution in [3.8, 4) is 6.07 Å². The van der Waals surface area contributed by atoms with Crippen molar-refractivity contribution >= 4 is 12.0 Å². The smallest absolute Gasteiger partial charge is 0.128 e. The molecule has 0 aromatic carbocycles. The van der Waals surface area contributed by atoms with Crippen LogP contribution >= 0.6 is 0 Å². The van der Waals surface area contributed by atoms with Crippen molar-refractivity contribution in [1.82, 2.24) is 0 Å². The molecular weight excluding hydrogens is 206 g/mol. The molecule has 1 saturated carbocycles. The van der Waals surface area contributed by atoms with E-state index < -0.39 is 11.5 Å². The minimum atomic E-state index is -1.49. The van der Waals surface area contributed by atoms with Crippen LogP contribution in [0.5, 0.6) is 0 Å². The van der Waals surface area contributed by atoms with Gasteiger partial charge in [0, 0.05) is 12.0 Å². The normalized spacial score (nSPS) is 23.9. The van der Waals surface area contributed by atoms with Crippen LogP contribution in [-0.4, -0.2) is 5.97 Å². The van der Waals surface area contributed by atoms with Crippen LogP contribution < -0.4 is 5.11 Å². The largest absolute Gasteiger partial charge is 0.544 e. The second-order valence-corrected chi connectivity index (χ2v) is 4.02. The van der Waals surface area contributed by atoms with Crippen molar-refractivity contribution in [3.63, 3.8) is 0 Å². The molecule has 0 aliphatic heterocycles. The van der Waals surface area contributed by atoms with Gasteiger partial charge in [0.05, 0.1) is 11.5 Å². The van der Waals surface area contributed by atoms with Gasteiger partial charge in [-0.25, -0.2) is 0 Å². The average molecular weight is 216 g/mol. The standard InChI is InChI=1S/C12H11NO3/c1-7-4-10(7)11-3-2-9(16-11)5-8(6-13)12(14)15/h2-3,5,7,10H,4H2,1H3,(H,14,15)/p-1/b8-5+/t7-,10+/m0/s1. The van der Waals surface area contributed by atoms with Crippen molar-refractivity contribution in [2.24, 2.45) is 5.92 Å². The molecule has 2 rings (SSSR count). The van der Waals surface area contributed by atoms with Crippen molar-refractivity contribution in [1.29, 1.82) is 5.26 Å². The average Bonchev–Trinajstić information content (AvgIpc) is 2.79. The summed E-state index contributed by atoms with van der Waals surface area (Å²) in [7, 11) is 0. The number of hydrogen-bond donors (Lipinski definition) is 0. The fourth-order valence-electron chi connectivity index (χ4n) is 1.64. The highest BCUT2D eigenvalue weighted by molar-refractivity contribution is 5.94. The van der Waals surface area contributed by atoms with Crippen molar-refractivity contribution < 1.29 is 14.3 Å². The van der Waals surface area contributed by atoms with E-state index in [1.54, 1.807) is 12.1 Å². The summed E-state index contributed by atoms with van der Waals surface area (Å²) in [6.07, 6.45) is 2.29. The molecule has 0 saturated heterocycles. The summed E-state index contributed by atoms with van der Waals surface area (Å²) in [5.41, 5.74) is -0.426. The molecule has 1 fully saturated rings. The summed E-state index contributed by atoms with van der Waals surface area (Å²) in [6, 6.07) is 5.04. The molecule has 1 aliphatic rings. The van der Waals surface area contributed by atoms with E-state index in [1.807, 2.05) is 6.07 Å². The zero-order valence-electron chi connectivity index (χ0n) is 8.77. The van der Waals surface area contributed by atoms with Crippen molar-refractivity contribution in [3.05, 3.63) is 29.2 Å². The molecule has 1 aliphatic carbocycles. The molecule has 1 aromatic heterocycles. The van der Waals surface area contributed by atoms with E-state index in [0.29, 0.717) is 17.6 Å². The van der Waals surface area contributed by atoms with Crippen LogP contribution in [0.25, 0.3) is 6.08 Å². The summed E-state index contributed by atoms with van der Waals surface area (Å²) < 4.78 is 5.44. The van der Waals surface area contributed by atoms with Gasteiger partial charge in [-0.1, -0.05) is 6.92 Å². The van der Waals surface area contributed by atoms with Gasteiger partial charge in [-0.3, -0.25) is 0 Å². The monoisotopic (exact) mass is 216 g/mol. The topological polar surface area (TPSA) is 77.1 Å². The molecule has 0 radical (unpaired) electrons. The fourth-order valence-corrected chi connectivity index (χ4v) is 1.64. The Morgan fingerprint density at radius 1 is 1.69 bits per heavy atom. The molecule has 0 amide bonds. The minimum absolute atomic E-state index is 0.384. The van der Waals surface area contributed by atoms with Gasteiger partial charge in [0.15, 0.2) is 0 Å². The number of carbonyl (C=O) groups excluding carboxylic acids is 1. The van der Waals surface area contributed by atoms with Crippen molar-refractivity contribution in [2.45, 2.75) is 19.3 Å². The van der Waals surface area contributed by atoms with Gasteiger partial charge in [-0.2, -0.15) is 5.26 Å². The molecule has 4 heteroatoms. The molecule has 16 heavy (non-hydrogen) atoms. The Hall–Kier alpha value is -2.02. The molecular formula is C12H10NO3-. The Kier molecular flexibility index (Phi) is 2.53. The summed E-state index contributed by atoms with van der Waals surface area (Å²) in [5, 5.41) is 19.0. The second kappa shape index (κ2) is 3.86. The van der Waals surface area contributed by atoms with E-state index >= 15 is 0 Å². The van der Waals surface area contributed by atoms with Crippen LogP contribution in [0.3, 0.4) is 0 Å².